The minimum absolute atomic E-state index is 0.148. The number of carbonyl (C=O) groups is 2. The summed E-state index contributed by atoms with van der Waals surface area (Å²) in [4.78, 5) is 25.3. The van der Waals surface area contributed by atoms with Gasteiger partial charge in [-0.05, 0) is 38.5 Å². The third kappa shape index (κ3) is 5.07. The van der Waals surface area contributed by atoms with E-state index in [4.69, 9.17) is 0 Å². The van der Waals surface area contributed by atoms with Gasteiger partial charge in [-0.25, -0.2) is 4.79 Å². The van der Waals surface area contributed by atoms with Crippen LogP contribution in [0.1, 0.15) is 32.4 Å². The number of rotatable bonds is 5. The van der Waals surface area contributed by atoms with Crippen LogP contribution in [0.5, 0.6) is 0 Å². The number of amides is 3. The van der Waals surface area contributed by atoms with Crippen molar-refractivity contribution >= 4 is 17.6 Å². The second kappa shape index (κ2) is 7.64. The van der Waals surface area contributed by atoms with Crippen LogP contribution in [-0.2, 0) is 4.79 Å². The van der Waals surface area contributed by atoms with E-state index in [1.807, 2.05) is 6.92 Å². The lowest BCUT2D eigenvalue weighted by atomic mass is 10.1. The Hall–Kier alpha value is -2.08. The molecule has 1 aromatic rings. The van der Waals surface area contributed by atoms with Crippen molar-refractivity contribution in [1.29, 1.82) is 0 Å². The molecule has 0 bridgehead atoms. The highest BCUT2D eigenvalue weighted by atomic mass is 16.3. The summed E-state index contributed by atoms with van der Waals surface area (Å²) in [5.41, 5.74) is 1.28. The van der Waals surface area contributed by atoms with Crippen molar-refractivity contribution in [1.82, 2.24) is 10.2 Å². The predicted molar refractivity (Wildman–Crippen MR) is 82.0 cm³/mol. The first kappa shape index (κ1) is 17.0. The molecule has 3 amide bonds. The number of benzene rings is 1. The first-order valence-corrected chi connectivity index (χ1v) is 6.95. The summed E-state index contributed by atoms with van der Waals surface area (Å²) in [5, 5.41) is 14.7. The average molecular weight is 293 g/mol. The van der Waals surface area contributed by atoms with E-state index >= 15 is 0 Å². The number of carbonyl (C=O) groups excluding carboxylic acids is 2. The van der Waals surface area contributed by atoms with E-state index < -0.39 is 18.2 Å². The zero-order valence-electron chi connectivity index (χ0n) is 12.9. The fourth-order valence-corrected chi connectivity index (χ4v) is 1.79. The van der Waals surface area contributed by atoms with Crippen molar-refractivity contribution in [3.05, 3.63) is 29.8 Å². The first-order valence-electron chi connectivity index (χ1n) is 6.95. The third-order valence-corrected chi connectivity index (χ3v) is 3.20. The zero-order valence-corrected chi connectivity index (χ0v) is 12.9. The number of nitrogens with zero attached hydrogens (tertiary/aromatic N) is 1. The van der Waals surface area contributed by atoms with Crippen LogP contribution in [0.2, 0.25) is 0 Å². The number of aliphatic hydroxyl groups excluding tert-OH is 1. The van der Waals surface area contributed by atoms with Crippen LogP contribution in [0, 0.1) is 0 Å². The number of urea groups is 1. The van der Waals surface area contributed by atoms with Gasteiger partial charge in [0, 0.05) is 19.3 Å². The van der Waals surface area contributed by atoms with Gasteiger partial charge in [-0.1, -0.05) is 12.1 Å². The fraction of sp³-hybridized carbons (Fsp3) is 0.467. The molecule has 116 valence electrons. The molecule has 0 fully saturated rings. The van der Waals surface area contributed by atoms with E-state index in [9.17, 15) is 14.7 Å². The van der Waals surface area contributed by atoms with Gasteiger partial charge in [-0.2, -0.15) is 0 Å². The molecule has 0 saturated carbocycles. The van der Waals surface area contributed by atoms with Crippen molar-refractivity contribution in [2.75, 3.05) is 18.9 Å². The lowest BCUT2D eigenvalue weighted by Gasteiger charge is -2.20. The summed E-state index contributed by atoms with van der Waals surface area (Å²) in [6, 6.07) is 5.87. The maximum absolute atomic E-state index is 11.9. The van der Waals surface area contributed by atoms with Gasteiger partial charge in [0.05, 0.1) is 6.10 Å². The Labute approximate surface area is 125 Å². The number of hydrogen-bond acceptors (Lipinski definition) is 3. The quantitative estimate of drug-likeness (QED) is 0.773. The summed E-state index contributed by atoms with van der Waals surface area (Å²) in [7, 11) is 1.69. The fourth-order valence-electron chi connectivity index (χ4n) is 1.79. The second-order valence-corrected chi connectivity index (χ2v) is 4.97. The van der Waals surface area contributed by atoms with Gasteiger partial charge >= 0.3 is 6.03 Å². The van der Waals surface area contributed by atoms with E-state index in [0.717, 1.165) is 0 Å². The van der Waals surface area contributed by atoms with Crippen molar-refractivity contribution in [2.45, 2.75) is 32.9 Å². The smallest absolute Gasteiger partial charge is 0.319 e. The molecule has 1 rings (SSSR count). The molecule has 6 nitrogen and oxygen atoms in total. The van der Waals surface area contributed by atoms with Crippen LogP contribution in [0.25, 0.3) is 0 Å². The van der Waals surface area contributed by atoms with E-state index in [1.165, 1.54) is 0 Å². The van der Waals surface area contributed by atoms with Crippen LogP contribution in [0.3, 0.4) is 0 Å². The van der Waals surface area contributed by atoms with E-state index in [-0.39, 0.29) is 5.91 Å². The molecule has 0 spiro atoms. The normalized spacial score (nSPS) is 13.2. The molecule has 0 aliphatic rings. The number of aliphatic hydroxyl groups is 1. The molecule has 3 N–H and O–H groups in total. The van der Waals surface area contributed by atoms with E-state index in [0.29, 0.717) is 17.8 Å². The summed E-state index contributed by atoms with van der Waals surface area (Å²) in [6.45, 7) is 5.75. The van der Waals surface area contributed by atoms with Gasteiger partial charge in [-0.3, -0.25) is 4.79 Å². The molecule has 21 heavy (non-hydrogen) atoms. The number of hydrogen-bond donors (Lipinski definition) is 3. The van der Waals surface area contributed by atoms with Gasteiger partial charge in [0.1, 0.15) is 6.04 Å². The number of likely N-dealkylation sites (N-methyl/N-ethyl adjacent to an activating group) is 1. The lowest BCUT2D eigenvalue weighted by Crippen LogP contribution is -2.46. The first-order chi connectivity index (χ1) is 9.85. The molecule has 0 heterocycles. The predicted octanol–water partition coefficient (Wildman–Crippen LogP) is 1.73. The van der Waals surface area contributed by atoms with Crippen LogP contribution < -0.4 is 10.6 Å². The molecule has 0 aliphatic carbocycles. The highest BCUT2D eigenvalue weighted by Gasteiger charge is 2.18. The molecule has 2 unspecified atom stereocenters. The summed E-state index contributed by atoms with van der Waals surface area (Å²) in [6.07, 6.45) is -0.603. The lowest BCUT2D eigenvalue weighted by molar-refractivity contribution is -0.131. The Kier molecular flexibility index (Phi) is 6.17. The van der Waals surface area contributed by atoms with Gasteiger partial charge < -0.3 is 20.6 Å². The van der Waals surface area contributed by atoms with Crippen LogP contribution in [0.15, 0.2) is 24.3 Å². The highest BCUT2D eigenvalue weighted by molar-refractivity contribution is 5.93. The standard InChI is InChI=1S/C15H23N3O3/c1-5-18(4)14(20)10(2)16-15(21)17-13-8-6-7-12(9-13)11(3)19/h6-11,19H,5H2,1-4H3,(H2,16,17,21). The molecular weight excluding hydrogens is 270 g/mol. The Morgan fingerprint density at radius 2 is 2.00 bits per heavy atom. The monoisotopic (exact) mass is 293 g/mol. The molecule has 2 atom stereocenters. The van der Waals surface area contributed by atoms with Crippen molar-refractivity contribution in [3.8, 4) is 0 Å². The number of nitrogens with one attached hydrogen (secondary N) is 2. The van der Waals surface area contributed by atoms with Crippen LogP contribution in [-0.4, -0.2) is 41.6 Å². The Morgan fingerprint density at radius 3 is 2.57 bits per heavy atom. The maximum Gasteiger partial charge on any atom is 0.319 e. The minimum Gasteiger partial charge on any atom is -0.389 e. The topological polar surface area (TPSA) is 81.7 Å². The van der Waals surface area contributed by atoms with Crippen molar-refractivity contribution in [2.24, 2.45) is 0 Å². The van der Waals surface area contributed by atoms with Gasteiger partial charge in [0.15, 0.2) is 0 Å². The Balaban J connectivity index is 2.61. The molecule has 0 radical (unpaired) electrons. The van der Waals surface area contributed by atoms with Crippen molar-refractivity contribution in [3.63, 3.8) is 0 Å². The molecule has 0 saturated heterocycles. The SMILES string of the molecule is CCN(C)C(=O)C(C)NC(=O)Nc1cccc(C(C)O)c1. The average Bonchev–Trinajstić information content (AvgIpc) is 2.45. The molecule has 6 heteroatoms. The van der Waals surface area contributed by atoms with Gasteiger partial charge in [0.25, 0.3) is 0 Å². The van der Waals surface area contributed by atoms with Crippen molar-refractivity contribution < 1.29 is 14.7 Å². The van der Waals surface area contributed by atoms with Crippen LogP contribution in [0.4, 0.5) is 10.5 Å². The third-order valence-electron chi connectivity index (χ3n) is 3.20. The summed E-state index contributed by atoms with van der Waals surface area (Å²) < 4.78 is 0. The Bertz CT molecular complexity index is 503. The van der Waals surface area contributed by atoms with Crippen LogP contribution >= 0.6 is 0 Å². The van der Waals surface area contributed by atoms with E-state index in [2.05, 4.69) is 10.6 Å². The zero-order chi connectivity index (χ0) is 16.0. The van der Waals surface area contributed by atoms with E-state index in [1.54, 1.807) is 50.1 Å². The number of anilines is 1. The minimum atomic E-state index is -0.603. The van der Waals surface area contributed by atoms with Gasteiger partial charge in [-0.15, -0.1) is 0 Å². The summed E-state index contributed by atoms with van der Waals surface area (Å²) in [5.74, 6) is -0.148. The molecule has 0 aliphatic heterocycles. The maximum atomic E-state index is 11.9. The summed E-state index contributed by atoms with van der Waals surface area (Å²) >= 11 is 0. The largest absolute Gasteiger partial charge is 0.389 e. The molecular formula is C15H23N3O3. The Morgan fingerprint density at radius 1 is 1.33 bits per heavy atom. The molecule has 1 aromatic carbocycles. The second-order valence-electron chi connectivity index (χ2n) is 4.97. The molecule has 0 aromatic heterocycles. The van der Waals surface area contributed by atoms with Gasteiger partial charge in [0.2, 0.25) is 5.91 Å². The highest BCUT2D eigenvalue weighted by Crippen LogP contribution is 2.16.